The molecule has 4 nitrogen and oxygen atoms in total. The maximum Gasteiger partial charge on any atom is 0.227 e. The molecule has 1 heterocycles. The van der Waals surface area contributed by atoms with Gasteiger partial charge in [0.2, 0.25) is 5.91 Å². The number of hydrogen-bond donors (Lipinski definition) is 2. The first kappa shape index (κ1) is 13.5. The van der Waals surface area contributed by atoms with Gasteiger partial charge < -0.3 is 15.4 Å². The molecule has 1 aliphatic carbocycles. The van der Waals surface area contributed by atoms with E-state index in [9.17, 15) is 9.18 Å². The summed E-state index contributed by atoms with van der Waals surface area (Å²) in [5.41, 5.74) is 0.518. The highest BCUT2D eigenvalue weighted by molar-refractivity contribution is 5.92. The molecule has 0 unspecified atom stereocenters. The van der Waals surface area contributed by atoms with Crippen molar-refractivity contribution >= 4 is 11.6 Å². The van der Waals surface area contributed by atoms with Crippen molar-refractivity contribution in [3.8, 4) is 0 Å². The predicted molar refractivity (Wildman–Crippen MR) is 73.9 cm³/mol. The molecule has 1 saturated heterocycles. The lowest BCUT2D eigenvalue weighted by Crippen LogP contribution is -2.52. The third-order valence-corrected chi connectivity index (χ3v) is 4.09. The Bertz CT molecular complexity index is 495. The highest BCUT2D eigenvalue weighted by Gasteiger charge is 2.35. The van der Waals surface area contributed by atoms with Gasteiger partial charge in [0.1, 0.15) is 5.82 Å². The second kappa shape index (κ2) is 5.89. The number of halogens is 1. The van der Waals surface area contributed by atoms with Crippen LogP contribution in [0.3, 0.4) is 0 Å². The van der Waals surface area contributed by atoms with E-state index in [2.05, 4.69) is 10.6 Å². The molecule has 0 bridgehead atoms. The SMILES string of the molecule is O=C(Nc1cccc(F)c1)[C@H]1CC[C@H]2OCCN[C@@H]2C1. The number of rotatable bonds is 2. The first-order valence-corrected chi connectivity index (χ1v) is 7.14. The maximum atomic E-state index is 13.1. The van der Waals surface area contributed by atoms with Gasteiger partial charge in [-0.3, -0.25) is 4.79 Å². The number of carbonyl (C=O) groups is 1. The van der Waals surface area contributed by atoms with Gasteiger partial charge >= 0.3 is 0 Å². The smallest absolute Gasteiger partial charge is 0.227 e. The number of hydrogen-bond acceptors (Lipinski definition) is 3. The molecule has 0 spiro atoms. The Morgan fingerprint density at radius 2 is 2.30 bits per heavy atom. The fourth-order valence-electron chi connectivity index (χ4n) is 3.06. The van der Waals surface area contributed by atoms with Gasteiger partial charge in [-0.1, -0.05) is 6.07 Å². The number of benzene rings is 1. The van der Waals surface area contributed by atoms with E-state index in [4.69, 9.17) is 4.74 Å². The standard InChI is InChI=1S/C15H19FN2O2/c16-11-2-1-3-12(9-11)18-15(19)10-4-5-14-13(8-10)17-6-7-20-14/h1-3,9-10,13-14,17H,4-8H2,(H,18,19)/t10-,13+,14+/m0/s1. The predicted octanol–water partition coefficient (Wildman–Crippen LogP) is 1.92. The van der Waals surface area contributed by atoms with Crippen LogP contribution in [0.15, 0.2) is 24.3 Å². The van der Waals surface area contributed by atoms with Crippen molar-refractivity contribution in [3.63, 3.8) is 0 Å². The largest absolute Gasteiger partial charge is 0.375 e. The highest BCUT2D eigenvalue weighted by Crippen LogP contribution is 2.29. The van der Waals surface area contributed by atoms with Crippen LogP contribution in [0.1, 0.15) is 19.3 Å². The number of fused-ring (bicyclic) bond motifs is 1. The first-order valence-electron chi connectivity index (χ1n) is 7.14. The summed E-state index contributed by atoms with van der Waals surface area (Å²) in [7, 11) is 0. The Balaban J connectivity index is 1.60. The molecule has 20 heavy (non-hydrogen) atoms. The average molecular weight is 278 g/mol. The van der Waals surface area contributed by atoms with Crippen molar-refractivity contribution < 1.29 is 13.9 Å². The Kier molecular flexibility index (Phi) is 3.98. The summed E-state index contributed by atoms with van der Waals surface area (Å²) in [6.07, 6.45) is 2.75. The second-order valence-corrected chi connectivity index (χ2v) is 5.48. The molecule has 3 atom stereocenters. The van der Waals surface area contributed by atoms with Gasteiger partial charge in [-0.05, 0) is 37.5 Å². The number of anilines is 1. The summed E-state index contributed by atoms with van der Waals surface area (Å²) in [6.45, 7) is 1.60. The summed E-state index contributed by atoms with van der Waals surface area (Å²) in [5.74, 6) is -0.399. The average Bonchev–Trinajstić information content (AvgIpc) is 2.47. The van der Waals surface area contributed by atoms with E-state index >= 15 is 0 Å². The van der Waals surface area contributed by atoms with E-state index < -0.39 is 0 Å². The highest BCUT2D eigenvalue weighted by atomic mass is 19.1. The molecule has 3 rings (SSSR count). The lowest BCUT2D eigenvalue weighted by atomic mass is 9.82. The van der Waals surface area contributed by atoms with Gasteiger partial charge in [0, 0.05) is 24.2 Å². The topological polar surface area (TPSA) is 50.4 Å². The minimum Gasteiger partial charge on any atom is -0.375 e. The molecular formula is C15H19FN2O2. The molecule has 0 radical (unpaired) electrons. The maximum absolute atomic E-state index is 13.1. The fourth-order valence-corrected chi connectivity index (χ4v) is 3.06. The summed E-state index contributed by atoms with van der Waals surface area (Å²) in [5, 5.41) is 6.21. The van der Waals surface area contributed by atoms with Crippen LogP contribution in [0.25, 0.3) is 0 Å². The van der Waals surface area contributed by atoms with Crippen LogP contribution in [0, 0.1) is 11.7 Å². The second-order valence-electron chi connectivity index (χ2n) is 5.48. The van der Waals surface area contributed by atoms with Crippen molar-refractivity contribution in [2.45, 2.75) is 31.4 Å². The molecule has 1 aromatic carbocycles. The van der Waals surface area contributed by atoms with Crippen molar-refractivity contribution in [2.24, 2.45) is 5.92 Å². The van der Waals surface area contributed by atoms with Crippen LogP contribution in [0.2, 0.25) is 0 Å². The van der Waals surface area contributed by atoms with Crippen LogP contribution < -0.4 is 10.6 Å². The number of carbonyl (C=O) groups excluding carboxylic acids is 1. The quantitative estimate of drug-likeness (QED) is 0.869. The minimum atomic E-state index is -0.339. The Hall–Kier alpha value is -1.46. The molecule has 1 amide bonds. The number of morpholine rings is 1. The Morgan fingerprint density at radius 3 is 3.15 bits per heavy atom. The minimum absolute atomic E-state index is 0.0265. The van der Waals surface area contributed by atoms with Crippen molar-refractivity contribution in [3.05, 3.63) is 30.1 Å². The number of amides is 1. The van der Waals surface area contributed by atoms with E-state index in [0.717, 1.165) is 32.4 Å². The van der Waals surface area contributed by atoms with Crippen LogP contribution in [-0.2, 0) is 9.53 Å². The summed E-state index contributed by atoms with van der Waals surface area (Å²) >= 11 is 0. The normalized spacial score (nSPS) is 29.6. The molecular weight excluding hydrogens is 259 g/mol. The van der Waals surface area contributed by atoms with Crippen LogP contribution in [-0.4, -0.2) is 31.2 Å². The molecule has 108 valence electrons. The number of ether oxygens (including phenoxy) is 1. The van der Waals surface area contributed by atoms with Gasteiger partial charge in [0.05, 0.1) is 12.7 Å². The van der Waals surface area contributed by atoms with Crippen molar-refractivity contribution in [1.29, 1.82) is 0 Å². The summed E-state index contributed by atoms with van der Waals surface area (Å²) in [4.78, 5) is 12.3. The van der Waals surface area contributed by atoms with E-state index in [1.807, 2.05) is 0 Å². The van der Waals surface area contributed by atoms with Gasteiger partial charge in [-0.15, -0.1) is 0 Å². The van der Waals surface area contributed by atoms with E-state index in [-0.39, 0.29) is 29.8 Å². The zero-order valence-electron chi connectivity index (χ0n) is 11.3. The molecule has 2 aliphatic rings. The molecule has 1 aromatic rings. The Labute approximate surface area is 117 Å². The summed E-state index contributed by atoms with van der Waals surface area (Å²) < 4.78 is 18.8. The molecule has 5 heteroatoms. The zero-order chi connectivity index (χ0) is 13.9. The Morgan fingerprint density at radius 1 is 1.40 bits per heavy atom. The summed E-state index contributed by atoms with van der Waals surface area (Å²) in [6, 6.07) is 6.27. The zero-order valence-corrected chi connectivity index (χ0v) is 11.3. The monoisotopic (exact) mass is 278 g/mol. The van der Waals surface area contributed by atoms with Gasteiger partial charge in [0.15, 0.2) is 0 Å². The molecule has 1 saturated carbocycles. The lowest BCUT2D eigenvalue weighted by molar-refractivity contribution is -0.123. The van der Waals surface area contributed by atoms with Crippen molar-refractivity contribution in [2.75, 3.05) is 18.5 Å². The third kappa shape index (κ3) is 2.99. The molecule has 2 fully saturated rings. The van der Waals surface area contributed by atoms with Crippen LogP contribution in [0.5, 0.6) is 0 Å². The van der Waals surface area contributed by atoms with E-state index in [1.54, 1.807) is 12.1 Å². The first-order chi connectivity index (χ1) is 9.72. The lowest BCUT2D eigenvalue weighted by Gasteiger charge is -2.39. The van der Waals surface area contributed by atoms with Crippen molar-refractivity contribution in [1.82, 2.24) is 5.32 Å². The third-order valence-electron chi connectivity index (χ3n) is 4.09. The van der Waals surface area contributed by atoms with Gasteiger partial charge in [0.25, 0.3) is 0 Å². The van der Waals surface area contributed by atoms with Gasteiger partial charge in [-0.2, -0.15) is 0 Å². The van der Waals surface area contributed by atoms with Crippen LogP contribution in [0.4, 0.5) is 10.1 Å². The van der Waals surface area contributed by atoms with E-state index in [1.165, 1.54) is 12.1 Å². The van der Waals surface area contributed by atoms with Gasteiger partial charge in [-0.25, -0.2) is 4.39 Å². The number of nitrogens with one attached hydrogen (secondary N) is 2. The molecule has 1 aliphatic heterocycles. The van der Waals surface area contributed by atoms with Crippen LogP contribution >= 0.6 is 0 Å². The molecule has 2 N–H and O–H groups in total. The fraction of sp³-hybridized carbons (Fsp3) is 0.533. The van der Waals surface area contributed by atoms with E-state index in [0.29, 0.717) is 5.69 Å². The molecule has 0 aromatic heterocycles.